The lowest BCUT2D eigenvalue weighted by molar-refractivity contribution is -0.689. The fraction of sp³-hybridized carbons (Fsp3) is 0.243. The van der Waals surface area contributed by atoms with Gasteiger partial charge in [-0.3, -0.25) is 4.55 Å². The minimum absolute atomic E-state index is 1.02. The molecule has 0 amide bonds. The number of fused-ring (bicyclic) bond motifs is 9. The van der Waals surface area contributed by atoms with E-state index in [1.165, 1.54) is 72.4 Å². The van der Waals surface area contributed by atoms with Crippen LogP contribution in [-0.2, 0) is 36.0 Å². The van der Waals surface area contributed by atoms with E-state index in [1.807, 2.05) is 0 Å². The van der Waals surface area contributed by atoms with Gasteiger partial charge in [-0.25, -0.2) is 0 Å². The zero-order chi connectivity index (χ0) is 33.7. The van der Waals surface area contributed by atoms with Crippen LogP contribution < -0.4 is 14.0 Å². The molecule has 0 unspecified atom stereocenters. The molecule has 7 rings (SSSR count). The molecule has 0 saturated carbocycles. The Hall–Kier alpha value is -4.54. The molecule has 2 aromatic heterocycles. The maximum atomic E-state index is 10.7. The maximum Gasteiger partial charge on any atom is 0.522 e. The van der Waals surface area contributed by atoms with E-state index in [9.17, 15) is 13.2 Å². The molecule has 3 aromatic carbocycles. The first-order valence-electron chi connectivity index (χ1n) is 15.3. The Labute approximate surface area is 272 Å². The van der Waals surface area contributed by atoms with Crippen LogP contribution in [0.15, 0.2) is 79.1 Å². The molecule has 2 aliphatic heterocycles. The standard InChI is InChI=1S/C36H35N3.CHF3O3S/c1-24-25(2)31-18-22-39-20-16-28-7-5-6-8-32(28)36(39)35(31)34-30(24)17-21-38-19-15-27(23-33(34)38)10-9-26-11-13-29(14-12-26)37(3)4;2-1(3,4)8(5,6)7/h5-16,19-20,23H,17-18,21-22H2,1-4H3;(H,5,6,7)/q+2;. The van der Waals surface area contributed by atoms with Gasteiger partial charge in [-0.1, -0.05) is 42.5 Å². The summed E-state index contributed by atoms with van der Waals surface area (Å²) in [5, 5.41) is 2.66. The molecule has 6 nitrogen and oxygen atoms in total. The van der Waals surface area contributed by atoms with Crippen LogP contribution in [0.3, 0.4) is 0 Å². The molecule has 0 aliphatic carbocycles. The number of halogens is 3. The summed E-state index contributed by atoms with van der Waals surface area (Å²) in [6.07, 6.45) is 11.2. The molecule has 0 radical (unpaired) electrons. The molecular weight excluding hydrogens is 623 g/mol. The highest BCUT2D eigenvalue weighted by Gasteiger charge is 2.44. The summed E-state index contributed by atoms with van der Waals surface area (Å²) in [6.45, 7) is 6.74. The number of nitrogens with zero attached hydrogens (tertiary/aromatic N) is 3. The second kappa shape index (κ2) is 12.2. The van der Waals surface area contributed by atoms with Crippen molar-refractivity contribution >= 4 is 38.7 Å². The second-order valence-electron chi connectivity index (χ2n) is 12.2. The predicted molar refractivity (Wildman–Crippen MR) is 179 cm³/mol. The lowest BCUT2D eigenvalue weighted by Gasteiger charge is -2.27. The third-order valence-electron chi connectivity index (χ3n) is 9.19. The minimum atomic E-state index is -5.84. The van der Waals surface area contributed by atoms with Gasteiger partial charge < -0.3 is 4.90 Å². The smallest absolute Gasteiger partial charge is 0.378 e. The number of anilines is 1. The average Bonchev–Trinajstić information content (AvgIpc) is 3.04. The molecule has 0 saturated heterocycles. The summed E-state index contributed by atoms with van der Waals surface area (Å²) < 4.78 is 62.5. The summed E-state index contributed by atoms with van der Waals surface area (Å²) in [7, 11) is -1.68. The van der Waals surface area contributed by atoms with E-state index >= 15 is 0 Å². The number of pyridine rings is 2. The zero-order valence-corrected chi connectivity index (χ0v) is 27.5. The lowest BCUT2D eigenvalue weighted by Crippen LogP contribution is -2.43. The molecular formula is C37H36F3N3O3S+2. The van der Waals surface area contributed by atoms with E-state index in [4.69, 9.17) is 13.0 Å². The molecule has 0 atom stereocenters. The van der Waals surface area contributed by atoms with E-state index in [2.05, 4.69) is 133 Å². The topological polar surface area (TPSA) is 65.4 Å². The summed E-state index contributed by atoms with van der Waals surface area (Å²) in [5.74, 6) is 0. The molecule has 5 aromatic rings. The largest absolute Gasteiger partial charge is 0.522 e. The molecule has 0 fully saturated rings. The van der Waals surface area contributed by atoms with Crippen molar-refractivity contribution in [3.63, 3.8) is 0 Å². The van der Waals surface area contributed by atoms with Gasteiger partial charge in [-0.05, 0) is 70.8 Å². The number of alkyl halides is 3. The third kappa shape index (κ3) is 6.15. The number of benzene rings is 3. The summed E-state index contributed by atoms with van der Waals surface area (Å²) in [4.78, 5) is 2.13. The lowest BCUT2D eigenvalue weighted by atomic mass is 9.79. The van der Waals surface area contributed by atoms with Gasteiger partial charge >= 0.3 is 15.6 Å². The molecule has 0 bridgehead atoms. The van der Waals surface area contributed by atoms with Gasteiger partial charge in [0.15, 0.2) is 25.5 Å². The number of aryl methyl sites for hydroxylation is 2. The highest BCUT2D eigenvalue weighted by atomic mass is 32.2. The number of aromatic nitrogens is 2. The fourth-order valence-corrected chi connectivity index (χ4v) is 6.62. The molecule has 47 heavy (non-hydrogen) atoms. The third-order valence-corrected chi connectivity index (χ3v) is 9.77. The van der Waals surface area contributed by atoms with Gasteiger partial charge in [0.1, 0.15) is 0 Å². The number of rotatable bonds is 3. The SMILES string of the molecule is Cc1c(C)c2c(c3c1CC[n+]1ccc(/C=C/c4ccc(N(C)C)cc4)cc1-3)-c1c3ccccc3cc[n+]1CC2.O=S(=O)(O)C(F)(F)F. The van der Waals surface area contributed by atoms with Gasteiger partial charge in [0.2, 0.25) is 11.4 Å². The van der Waals surface area contributed by atoms with Crippen molar-refractivity contribution < 1.29 is 35.3 Å². The van der Waals surface area contributed by atoms with Crippen molar-refractivity contribution in [3.8, 4) is 22.5 Å². The van der Waals surface area contributed by atoms with Crippen molar-refractivity contribution in [2.75, 3.05) is 19.0 Å². The first kappa shape index (κ1) is 32.4. The Balaban J connectivity index is 0.000000431. The predicted octanol–water partition coefficient (Wildman–Crippen LogP) is 7.11. The summed E-state index contributed by atoms with van der Waals surface area (Å²) >= 11 is 0. The van der Waals surface area contributed by atoms with E-state index in [0.717, 1.165) is 25.9 Å². The van der Waals surface area contributed by atoms with E-state index < -0.39 is 15.6 Å². The molecule has 10 heteroatoms. The Bertz CT molecular complexity index is 2160. The van der Waals surface area contributed by atoms with Crippen molar-refractivity contribution in [3.05, 3.63) is 113 Å². The van der Waals surface area contributed by atoms with Gasteiger partial charge in [0.05, 0.1) is 16.5 Å². The Morgan fingerprint density at radius 1 is 0.787 bits per heavy atom. The van der Waals surface area contributed by atoms with Gasteiger partial charge in [-0.15, -0.1) is 0 Å². The van der Waals surface area contributed by atoms with Crippen molar-refractivity contribution in [2.45, 2.75) is 45.3 Å². The maximum absolute atomic E-state index is 10.7. The molecule has 242 valence electrons. The number of hydrogen-bond acceptors (Lipinski definition) is 3. The van der Waals surface area contributed by atoms with Gasteiger partial charge in [-0.2, -0.15) is 30.7 Å². The zero-order valence-electron chi connectivity index (χ0n) is 26.6. The van der Waals surface area contributed by atoms with Crippen LogP contribution >= 0.6 is 0 Å². The van der Waals surface area contributed by atoms with E-state index in [0.29, 0.717) is 0 Å². The second-order valence-corrected chi connectivity index (χ2v) is 13.6. The van der Waals surface area contributed by atoms with Crippen LogP contribution in [0.1, 0.15) is 33.4 Å². The van der Waals surface area contributed by atoms with Gasteiger partial charge in [0, 0.05) is 50.8 Å². The summed E-state index contributed by atoms with van der Waals surface area (Å²) in [6, 6.07) is 24.5. The fourth-order valence-electron chi connectivity index (χ4n) is 6.62. The van der Waals surface area contributed by atoms with Crippen LogP contribution in [0.25, 0.3) is 45.4 Å². The average molecular weight is 660 g/mol. The first-order valence-corrected chi connectivity index (χ1v) is 16.8. The Morgan fingerprint density at radius 3 is 2.00 bits per heavy atom. The van der Waals surface area contributed by atoms with Crippen molar-refractivity contribution in [2.24, 2.45) is 0 Å². The Morgan fingerprint density at radius 2 is 1.36 bits per heavy atom. The quantitative estimate of drug-likeness (QED) is 0.127. The van der Waals surface area contributed by atoms with Crippen molar-refractivity contribution in [1.82, 2.24) is 0 Å². The molecule has 2 aliphatic rings. The molecule has 1 N–H and O–H groups in total. The van der Waals surface area contributed by atoms with Crippen molar-refractivity contribution in [1.29, 1.82) is 0 Å². The molecule has 0 spiro atoms. The minimum Gasteiger partial charge on any atom is -0.378 e. The Kier molecular flexibility index (Phi) is 8.44. The van der Waals surface area contributed by atoms with Gasteiger partial charge in [0.25, 0.3) is 0 Å². The first-order chi connectivity index (χ1) is 22.2. The highest BCUT2D eigenvalue weighted by Crippen LogP contribution is 2.44. The van der Waals surface area contributed by atoms with Crippen LogP contribution in [0.4, 0.5) is 18.9 Å². The van der Waals surface area contributed by atoms with Crippen LogP contribution in [0.5, 0.6) is 0 Å². The normalized spacial score (nSPS) is 13.7. The van der Waals surface area contributed by atoms with E-state index in [1.54, 1.807) is 0 Å². The van der Waals surface area contributed by atoms with Crippen LogP contribution in [-0.4, -0.2) is 32.6 Å². The molecule has 4 heterocycles. The van der Waals surface area contributed by atoms with E-state index in [-0.39, 0.29) is 0 Å². The summed E-state index contributed by atoms with van der Waals surface area (Å²) in [5.41, 5.74) is 9.74. The highest BCUT2D eigenvalue weighted by molar-refractivity contribution is 7.86. The number of hydrogen-bond donors (Lipinski definition) is 1. The van der Waals surface area contributed by atoms with Crippen LogP contribution in [0.2, 0.25) is 0 Å². The monoisotopic (exact) mass is 659 g/mol. The van der Waals surface area contributed by atoms with Crippen LogP contribution in [0, 0.1) is 13.8 Å².